The lowest BCUT2D eigenvalue weighted by atomic mass is 10.0. The van der Waals surface area contributed by atoms with Gasteiger partial charge in [0.1, 0.15) is 6.04 Å². The van der Waals surface area contributed by atoms with Gasteiger partial charge < -0.3 is 9.80 Å². The molecule has 1 saturated heterocycles. The molecule has 30 heavy (non-hydrogen) atoms. The van der Waals surface area contributed by atoms with Gasteiger partial charge in [0.05, 0.1) is 4.90 Å². The SMILES string of the molecule is Cc1ccc(S(=O)(=O)N[C@@H](CC(C)C)C(=O)N2CCN(c3ccccc3)CC2)cc1. The minimum absolute atomic E-state index is 0.146. The first-order chi connectivity index (χ1) is 14.3. The van der Waals surface area contributed by atoms with E-state index in [0.717, 1.165) is 24.3 Å². The fraction of sp³-hybridized carbons (Fsp3) is 0.435. The molecule has 2 aromatic carbocycles. The number of anilines is 1. The van der Waals surface area contributed by atoms with E-state index in [-0.39, 0.29) is 16.7 Å². The van der Waals surface area contributed by atoms with Crippen molar-refractivity contribution in [3.05, 3.63) is 60.2 Å². The fourth-order valence-electron chi connectivity index (χ4n) is 3.69. The number of carbonyl (C=O) groups is 1. The van der Waals surface area contributed by atoms with E-state index in [1.165, 1.54) is 0 Å². The number of sulfonamides is 1. The zero-order chi connectivity index (χ0) is 21.7. The molecule has 1 heterocycles. The van der Waals surface area contributed by atoms with Crippen molar-refractivity contribution in [1.29, 1.82) is 0 Å². The molecule has 0 aromatic heterocycles. The smallest absolute Gasteiger partial charge is 0.241 e. The maximum Gasteiger partial charge on any atom is 0.241 e. The molecular formula is C23H31N3O3S. The lowest BCUT2D eigenvalue weighted by molar-refractivity contribution is -0.133. The van der Waals surface area contributed by atoms with Gasteiger partial charge in [-0.3, -0.25) is 4.79 Å². The summed E-state index contributed by atoms with van der Waals surface area (Å²) in [5, 5.41) is 0. The van der Waals surface area contributed by atoms with Gasteiger partial charge in [-0.1, -0.05) is 49.7 Å². The summed E-state index contributed by atoms with van der Waals surface area (Å²) in [7, 11) is -3.77. The van der Waals surface area contributed by atoms with Gasteiger partial charge in [0, 0.05) is 31.9 Å². The Bertz CT molecular complexity index is 935. The number of amides is 1. The van der Waals surface area contributed by atoms with Crippen molar-refractivity contribution in [2.75, 3.05) is 31.1 Å². The third-order valence-electron chi connectivity index (χ3n) is 5.35. The van der Waals surface area contributed by atoms with Crippen molar-refractivity contribution >= 4 is 21.6 Å². The highest BCUT2D eigenvalue weighted by Gasteiger charge is 2.31. The maximum absolute atomic E-state index is 13.2. The number of nitrogens with one attached hydrogen (secondary N) is 1. The molecule has 0 unspecified atom stereocenters. The molecule has 6 nitrogen and oxygen atoms in total. The van der Waals surface area contributed by atoms with Crippen LogP contribution in [0.25, 0.3) is 0 Å². The van der Waals surface area contributed by atoms with Crippen LogP contribution >= 0.6 is 0 Å². The normalized spacial score (nSPS) is 16.0. The van der Waals surface area contributed by atoms with Crippen LogP contribution in [0.5, 0.6) is 0 Å². The van der Waals surface area contributed by atoms with Crippen molar-refractivity contribution in [3.63, 3.8) is 0 Å². The monoisotopic (exact) mass is 429 g/mol. The quantitative estimate of drug-likeness (QED) is 0.735. The van der Waals surface area contributed by atoms with E-state index >= 15 is 0 Å². The first kappa shape index (κ1) is 22.3. The van der Waals surface area contributed by atoms with E-state index in [1.807, 2.05) is 39.0 Å². The molecule has 0 bridgehead atoms. The Labute approximate surface area is 179 Å². The standard InChI is InChI=1S/C23H31N3O3S/c1-18(2)17-22(24-30(28,29)21-11-9-19(3)10-12-21)23(27)26-15-13-25(14-16-26)20-7-5-4-6-8-20/h4-12,18,22,24H,13-17H2,1-3H3/t22-/m0/s1. The summed E-state index contributed by atoms with van der Waals surface area (Å²) in [5.41, 5.74) is 2.13. The molecule has 1 amide bonds. The van der Waals surface area contributed by atoms with E-state index in [0.29, 0.717) is 19.5 Å². The van der Waals surface area contributed by atoms with Gasteiger partial charge in [0.2, 0.25) is 15.9 Å². The number of aryl methyl sites for hydroxylation is 1. The number of nitrogens with zero attached hydrogens (tertiary/aromatic N) is 2. The molecule has 2 aromatic rings. The van der Waals surface area contributed by atoms with E-state index in [9.17, 15) is 13.2 Å². The second-order valence-corrected chi connectivity index (χ2v) is 9.98. The molecule has 1 aliphatic rings. The summed E-state index contributed by atoms with van der Waals surface area (Å²) in [6.07, 6.45) is 0.461. The van der Waals surface area contributed by atoms with Gasteiger partial charge in [0.15, 0.2) is 0 Å². The van der Waals surface area contributed by atoms with E-state index in [1.54, 1.807) is 29.2 Å². The molecule has 3 rings (SSSR count). The topological polar surface area (TPSA) is 69.7 Å². The molecule has 162 valence electrons. The number of benzene rings is 2. The Morgan fingerprint density at radius 3 is 2.13 bits per heavy atom. The first-order valence-electron chi connectivity index (χ1n) is 10.4. The highest BCUT2D eigenvalue weighted by Crippen LogP contribution is 2.18. The summed E-state index contributed by atoms with van der Waals surface area (Å²) in [5.74, 6) is 0.0392. The van der Waals surface area contributed by atoms with Crippen LogP contribution < -0.4 is 9.62 Å². The highest BCUT2D eigenvalue weighted by molar-refractivity contribution is 7.89. The van der Waals surface area contributed by atoms with Crippen molar-refractivity contribution in [2.24, 2.45) is 5.92 Å². The van der Waals surface area contributed by atoms with Crippen molar-refractivity contribution in [2.45, 2.75) is 38.1 Å². The second kappa shape index (κ2) is 9.62. The molecule has 1 aliphatic heterocycles. The van der Waals surface area contributed by atoms with Crippen LogP contribution in [0.15, 0.2) is 59.5 Å². The Balaban J connectivity index is 1.69. The first-order valence-corrected chi connectivity index (χ1v) is 11.9. The number of para-hydroxylation sites is 1. The Morgan fingerprint density at radius 2 is 1.57 bits per heavy atom. The zero-order valence-corrected chi connectivity index (χ0v) is 18.7. The van der Waals surface area contributed by atoms with Crippen molar-refractivity contribution < 1.29 is 13.2 Å². The Kier molecular flexibility index (Phi) is 7.15. The maximum atomic E-state index is 13.2. The average Bonchev–Trinajstić information content (AvgIpc) is 2.73. The molecule has 7 heteroatoms. The Morgan fingerprint density at radius 1 is 0.967 bits per heavy atom. The van der Waals surface area contributed by atoms with Gasteiger partial charge in [-0.15, -0.1) is 0 Å². The predicted molar refractivity (Wildman–Crippen MR) is 120 cm³/mol. The summed E-state index contributed by atoms with van der Waals surface area (Å²) in [4.78, 5) is 17.4. The lowest BCUT2D eigenvalue weighted by Gasteiger charge is -2.37. The lowest BCUT2D eigenvalue weighted by Crippen LogP contribution is -2.55. The molecule has 0 radical (unpaired) electrons. The molecule has 1 N–H and O–H groups in total. The minimum Gasteiger partial charge on any atom is -0.368 e. The van der Waals surface area contributed by atoms with Crippen molar-refractivity contribution in [3.8, 4) is 0 Å². The molecule has 0 saturated carbocycles. The zero-order valence-electron chi connectivity index (χ0n) is 17.9. The van der Waals surface area contributed by atoms with E-state index in [4.69, 9.17) is 0 Å². The van der Waals surface area contributed by atoms with Crippen LogP contribution in [0.4, 0.5) is 5.69 Å². The van der Waals surface area contributed by atoms with Gasteiger partial charge in [-0.05, 0) is 43.5 Å². The van der Waals surface area contributed by atoms with Gasteiger partial charge in [0.25, 0.3) is 0 Å². The molecule has 0 aliphatic carbocycles. The molecule has 0 spiro atoms. The molecular weight excluding hydrogens is 398 g/mol. The van der Waals surface area contributed by atoms with Gasteiger partial charge in [-0.25, -0.2) is 8.42 Å². The van der Waals surface area contributed by atoms with Crippen LogP contribution in [-0.4, -0.2) is 51.4 Å². The van der Waals surface area contributed by atoms with Gasteiger partial charge in [-0.2, -0.15) is 4.72 Å². The third kappa shape index (κ3) is 5.61. The number of piperazine rings is 1. The third-order valence-corrected chi connectivity index (χ3v) is 6.83. The number of hydrogen-bond donors (Lipinski definition) is 1. The second-order valence-electron chi connectivity index (χ2n) is 8.26. The number of carbonyl (C=O) groups excluding carboxylic acids is 1. The molecule has 1 atom stereocenters. The summed E-state index contributed by atoms with van der Waals surface area (Å²) in [6, 6.07) is 16.0. The van der Waals surface area contributed by atoms with Crippen LogP contribution in [-0.2, 0) is 14.8 Å². The van der Waals surface area contributed by atoms with Crippen LogP contribution in [0, 0.1) is 12.8 Å². The van der Waals surface area contributed by atoms with E-state index in [2.05, 4.69) is 21.8 Å². The molecule has 1 fully saturated rings. The summed E-state index contributed by atoms with van der Waals surface area (Å²) < 4.78 is 28.4. The number of hydrogen-bond acceptors (Lipinski definition) is 4. The van der Waals surface area contributed by atoms with Crippen LogP contribution in [0.1, 0.15) is 25.8 Å². The van der Waals surface area contributed by atoms with E-state index < -0.39 is 16.1 Å². The van der Waals surface area contributed by atoms with Gasteiger partial charge >= 0.3 is 0 Å². The highest BCUT2D eigenvalue weighted by atomic mass is 32.2. The predicted octanol–water partition coefficient (Wildman–Crippen LogP) is 3.04. The van der Waals surface area contributed by atoms with Crippen LogP contribution in [0.3, 0.4) is 0 Å². The fourth-order valence-corrected chi connectivity index (χ4v) is 4.89. The number of rotatable bonds is 7. The minimum atomic E-state index is -3.77. The largest absolute Gasteiger partial charge is 0.368 e. The van der Waals surface area contributed by atoms with Crippen molar-refractivity contribution in [1.82, 2.24) is 9.62 Å². The Hall–Kier alpha value is -2.38. The summed E-state index contributed by atoms with van der Waals surface area (Å²) in [6.45, 7) is 8.51. The average molecular weight is 430 g/mol. The summed E-state index contributed by atoms with van der Waals surface area (Å²) >= 11 is 0. The van der Waals surface area contributed by atoms with Crippen LogP contribution in [0.2, 0.25) is 0 Å².